The summed E-state index contributed by atoms with van der Waals surface area (Å²) in [6.45, 7) is -1.32. The normalized spacial score (nSPS) is 30.1. The number of para-hydroxylation sites is 1. The molecule has 4 heterocycles. The summed E-state index contributed by atoms with van der Waals surface area (Å²) in [6, 6.07) is 12.5. The number of ketones is 2. The van der Waals surface area contributed by atoms with E-state index in [4.69, 9.17) is 24.7 Å². The van der Waals surface area contributed by atoms with Gasteiger partial charge >= 0.3 is 0 Å². The molecule has 326 valence electrons. The lowest BCUT2D eigenvalue weighted by atomic mass is 9.74. The second-order valence-corrected chi connectivity index (χ2v) is 15.8. The largest absolute Gasteiger partial charge is 0.486 e. The van der Waals surface area contributed by atoms with E-state index in [9.17, 15) is 49.8 Å². The summed E-state index contributed by atoms with van der Waals surface area (Å²) in [7, 11) is 0. The third kappa shape index (κ3) is 7.92. The molecule has 61 heavy (non-hydrogen) atoms. The molecule has 5 aliphatic rings. The third-order valence-electron chi connectivity index (χ3n) is 12.0. The van der Waals surface area contributed by atoms with E-state index in [0.29, 0.717) is 29.5 Å². The monoisotopic (exact) mass is 847 g/mol. The van der Waals surface area contributed by atoms with E-state index in [-0.39, 0.29) is 84.6 Å². The van der Waals surface area contributed by atoms with Crippen molar-refractivity contribution in [2.75, 3.05) is 38.0 Å². The molecule has 1 amide bonds. The van der Waals surface area contributed by atoms with Gasteiger partial charge in [0.25, 0.3) is 0 Å². The predicted octanol–water partition coefficient (Wildman–Crippen LogP) is -1.96. The van der Waals surface area contributed by atoms with Crippen molar-refractivity contribution in [2.45, 2.75) is 87.1 Å². The number of nitrogens with one attached hydrogen (secondary N) is 3. The van der Waals surface area contributed by atoms with E-state index in [0.717, 1.165) is 0 Å². The number of aliphatic hydroxyl groups is 6. The number of hydrogen-bond donors (Lipinski definition) is 10. The first-order valence-corrected chi connectivity index (χ1v) is 20.2. The molecule has 0 spiro atoms. The summed E-state index contributed by atoms with van der Waals surface area (Å²) in [5.41, 5.74) is 7.62. The molecule has 11 N–H and O–H groups in total. The van der Waals surface area contributed by atoms with Crippen molar-refractivity contribution in [2.24, 2.45) is 11.7 Å². The van der Waals surface area contributed by atoms with Crippen LogP contribution in [0.3, 0.4) is 0 Å². The van der Waals surface area contributed by atoms with Crippen LogP contribution in [0.5, 0.6) is 11.5 Å². The van der Waals surface area contributed by atoms with Gasteiger partial charge in [-0.2, -0.15) is 0 Å². The van der Waals surface area contributed by atoms with Gasteiger partial charge in [-0.05, 0) is 54.2 Å². The Balaban J connectivity index is 1.41. The van der Waals surface area contributed by atoms with E-state index in [1.54, 1.807) is 6.07 Å². The molecule has 0 aromatic heterocycles. The van der Waals surface area contributed by atoms with Crippen LogP contribution in [0.25, 0.3) is 0 Å². The number of fused-ring (bicyclic) bond motifs is 6. The minimum Gasteiger partial charge on any atom is -0.486 e. The van der Waals surface area contributed by atoms with Gasteiger partial charge < -0.3 is 64.6 Å². The Hall–Kier alpha value is -4.90. The summed E-state index contributed by atoms with van der Waals surface area (Å²) < 4.78 is 25.2. The van der Waals surface area contributed by atoms with Crippen LogP contribution in [-0.4, -0.2) is 143 Å². The maximum atomic E-state index is 14.7. The van der Waals surface area contributed by atoms with Crippen molar-refractivity contribution >= 4 is 29.4 Å². The Labute approximate surface area is 349 Å². The fourth-order valence-corrected chi connectivity index (χ4v) is 8.97. The fraction of sp³-hybridized carbons (Fsp3) is 0.476. The number of nitrogens with two attached hydrogens (primary N) is 1. The van der Waals surface area contributed by atoms with Crippen molar-refractivity contribution in [1.29, 1.82) is 0 Å². The van der Waals surface area contributed by atoms with Crippen LogP contribution in [0.2, 0.25) is 0 Å². The molecule has 3 saturated heterocycles. The van der Waals surface area contributed by atoms with Gasteiger partial charge in [0.05, 0.1) is 38.2 Å². The molecule has 3 fully saturated rings. The number of anilines is 1. The average Bonchev–Trinajstić information content (AvgIpc) is 3.67. The number of carbonyl (C=O) groups is 4. The Kier molecular flexibility index (Phi) is 12.5. The first-order valence-electron chi connectivity index (χ1n) is 20.2. The predicted molar refractivity (Wildman–Crippen MR) is 211 cm³/mol. The molecule has 1 aliphatic carbocycles. The third-order valence-corrected chi connectivity index (χ3v) is 12.0. The molecule has 2 bridgehead atoms. The summed E-state index contributed by atoms with van der Waals surface area (Å²) in [5, 5.41) is 73.5. The quantitative estimate of drug-likeness (QED) is 0.0734. The highest BCUT2D eigenvalue weighted by molar-refractivity contribution is 6.29. The summed E-state index contributed by atoms with van der Waals surface area (Å²) in [5.74, 6) is -3.61. The molecule has 8 rings (SSSR count). The molecule has 0 saturated carbocycles. The summed E-state index contributed by atoms with van der Waals surface area (Å²) >= 11 is 0. The number of aldehydes is 1. The number of benzene rings is 3. The fourth-order valence-electron chi connectivity index (χ4n) is 8.97. The molecule has 0 radical (unpaired) electrons. The Bertz CT molecular complexity index is 2170. The van der Waals surface area contributed by atoms with Gasteiger partial charge in [0, 0.05) is 46.9 Å². The van der Waals surface area contributed by atoms with Crippen molar-refractivity contribution in [3.8, 4) is 11.5 Å². The van der Waals surface area contributed by atoms with Gasteiger partial charge in [-0.25, -0.2) is 0 Å². The van der Waals surface area contributed by atoms with Crippen LogP contribution < -0.4 is 36.1 Å². The number of nitrogens with zero attached hydrogens (tertiary/aromatic N) is 1. The Morgan fingerprint density at radius 3 is 2.52 bits per heavy atom. The van der Waals surface area contributed by atoms with E-state index in [1.807, 2.05) is 23.1 Å². The lowest BCUT2D eigenvalue weighted by molar-refractivity contribution is -0.280. The molecule has 4 aliphatic heterocycles. The van der Waals surface area contributed by atoms with Crippen LogP contribution in [0, 0.1) is 5.92 Å². The SMILES string of the molecule is NC1NC(=O)C2NCN(c3ccccc3C3c4cc5c(c(OCC(O)CC=O)c4OC4OC(COCC3CCCO)C(O)C(O)C4O)C(=O)c3cc(CO)ccc3C5=O)C2N1. The highest BCUT2D eigenvalue weighted by Crippen LogP contribution is 2.51. The number of hydrogen-bond acceptors (Lipinski definition) is 18. The highest BCUT2D eigenvalue weighted by atomic mass is 16.7. The lowest BCUT2D eigenvalue weighted by Crippen LogP contribution is -2.70. The first kappa shape index (κ1) is 42.8. The zero-order chi connectivity index (χ0) is 43.1. The van der Waals surface area contributed by atoms with Gasteiger partial charge in [0.1, 0.15) is 55.8 Å². The van der Waals surface area contributed by atoms with Crippen LogP contribution in [0.1, 0.15) is 73.7 Å². The minimum atomic E-state index is -1.87. The van der Waals surface area contributed by atoms with E-state index >= 15 is 0 Å². The van der Waals surface area contributed by atoms with Gasteiger partial charge in [-0.3, -0.25) is 30.8 Å². The highest BCUT2D eigenvalue weighted by Gasteiger charge is 2.49. The average molecular weight is 848 g/mol. The molecule has 3 aromatic carbocycles. The van der Waals surface area contributed by atoms with Crippen LogP contribution in [0.4, 0.5) is 5.69 Å². The molecule has 3 aromatic rings. The summed E-state index contributed by atoms with van der Waals surface area (Å²) in [6.07, 6.45) is -10.4. The minimum absolute atomic E-state index is 0.0408. The van der Waals surface area contributed by atoms with Gasteiger partial charge in [-0.15, -0.1) is 0 Å². The van der Waals surface area contributed by atoms with Crippen molar-refractivity contribution in [1.82, 2.24) is 16.0 Å². The standard InChI is InChI=1S/C42H49N5O14/c43-42-45-39-31(40(57)46-42)44-18-47(39)27-6-2-1-5-23(27)29-20(4-3-10-48)15-58-17-28-34(54)35(55)36(56)41(60-28)61-37-26(29)13-25-30(38(37)59-16-21(51)9-11-49)33(53)24-12-19(14-50)7-8-22(24)32(25)52/h1-2,5-8,11-13,20-21,28-29,31,34-36,39,41-42,44-45,48,50-51,54-56H,3-4,9-10,14-18,43H2,(H,46,57). The number of ether oxygens (including phenoxy) is 4. The smallest absolute Gasteiger partial charge is 0.242 e. The topological polar surface area (TPSA) is 292 Å². The lowest BCUT2D eigenvalue weighted by Gasteiger charge is -2.40. The zero-order valence-electron chi connectivity index (χ0n) is 32.9. The second-order valence-electron chi connectivity index (χ2n) is 15.8. The Morgan fingerprint density at radius 2 is 1.75 bits per heavy atom. The molecular formula is C42H49N5O14. The maximum absolute atomic E-state index is 14.7. The van der Waals surface area contributed by atoms with Crippen LogP contribution in [0.15, 0.2) is 48.5 Å². The van der Waals surface area contributed by atoms with Crippen molar-refractivity contribution in [3.05, 3.63) is 87.5 Å². The number of carbonyl (C=O) groups excluding carboxylic acids is 4. The first-order chi connectivity index (χ1) is 29.4. The summed E-state index contributed by atoms with van der Waals surface area (Å²) in [4.78, 5) is 55.9. The number of aliphatic hydroxyl groups excluding tert-OH is 6. The molecule has 19 nitrogen and oxygen atoms in total. The second kappa shape index (κ2) is 17.8. The van der Waals surface area contributed by atoms with Gasteiger partial charge in [0.15, 0.2) is 23.1 Å². The molecule has 19 heteroatoms. The van der Waals surface area contributed by atoms with Crippen LogP contribution >= 0.6 is 0 Å². The van der Waals surface area contributed by atoms with Gasteiger partial charge in [0.2, 0.25) is 12.2 Å². The van der Waals surface area contributed by atoms with E-state index in [1.165, 1.54) is 24.3 Å². The van der Waals surface area contributed by atoms with E-state index < -0.39 is 91.9 Å². The van der Waals surface area contributed by atoms with Crippen molar-refractivity contribution in [3.63, 3.8) is 0 Å². The number of amides is 1. The Morgan fingerprint density at radius 1 is 0.951 bits per heavy atom. The number of rotatable bonds is 11. The van der Waals surface area contributed by atoms with Crippen LogP contribution in [-0.2, 0) is 25.7 Å². The molecule has 11 unspecified atom stereocenters. The zero-order valence-corrected chi connectivity index (χ0v) is 32.9. The van der Waals surface area contributed by atoms with E-state index in [2.05, 4.69) is 16.0 Å². The molecular weight excluding hydrogens is 798 g/mol. The maximum Gasteiger partial charge on any atom is 0.242 e. The van der Waals surface area contributed by atoms with Crippen molar-refractivity contribution < 1.29 is 68.8 Å². The molecule has 11 atom stereocenters. The van der Waals surface area contributed by atoms with Gasteiger partial charge in [-0.1, -0.05) is 24.3 Å².